The number of benzene rings is 2. The Balaban J connectivity index is 1.62. The number of carbonyl (C=O) groups is 1. The molecule has 1 aliphatic rings. The summed E-state index contributed by atoms with van der Waals surface area (Å²) in [6.45, 7) is 2.50. The molecule has 3 rings (SSSR count). The summed E-state index contributed by atoms with van der Waals surface area (Å²) >= 11 is 0. The van der Waals surface area contributed by atoms with Crippen molar-refractivity contribution in [2.45, 2.75) is 24.2 Å². The Bertz CT molecular complexity index is 943. The van der Waals surface area contributed by atoms with Crippen molar-refractivity contribution in [2.24, 2.45) is 0 Å². The molecule has 0 N–H and O–H groups in total. The van der Waals surface area contributed by atoms with Gasteiger partial charge in [0.15, 0.2) is 0 Å². The van der Waals surface area contributed by atoms with E-state index in [1.807, 2.05) is 37.3 Å². The maximum Gasteiger partial charge on any atom is 0.246 e. The number of sulfonamides is 1. The van der Waals surface area contributed by atoms with Crippen LogP contribution in [-0.4, -0.2) is 49.7 Å². The van der Waals surface area contributed by atoms with Gasteiger partial charge in [0.05, 0.1) is 0 Å². The summed E-state index contributed by atoms with van der Waals surface area (Å²) in [5, 5.41) is 0. The molecule has 1 fully saturated rings. The summed E-state index contributed by atoms with van der Waals surface area (Å²) in [5.41, 5.74) is 1.07. The fourth-order valence-corrected chi connectivity index (χ4v) is 4.78. The van der Waals surface area contributed by atoms with Crippen LogP contribution in [0.1, 0.15) is 24.8 Å². The molecular weight excluding hydrogens is 386 g/mol. The van der Waals surface area contributed by atoms with E-state index in [0.717, 1.165) is 22.0 Å². The molecule has 5 nitrogen and oxygen atoms in total. The van der Waals surface area contributed by atoms with Crippen LogP contribution in [0.2, 0.25) is 0 Å². The second kappa shape index (κ2) is 8.36. The zero-order valence-electron chi connectivity index (χ0n) is 15.5. The molecule has 1 amide bonds. The number of piperazine rings is 1. The first-order valence-electron chi connectivity index (χ1n) is 9.07. The zero-order chi connectivity index (χ0) is 20.3. The molecule has 150 valence electrons. The number of hydrogen-bond donors (Lipinski definition) is 0. The third-order valence-electron chi connectivity index (χ3n) is 4.95. The molecule has 0 saturated carbocycles. The standard InChI is InChI=1S/C20H22F2N2O3S/c1-15(16-5-3-2-4-6-16)13-20(25)23-9-11-24(12-10-23)28(26,27)19-14-17(21)7-8-18(19)22/h2-8,14-15H,9-13H2,1H3. The second-order valence-electron chi connectivity index (χ2n) is 6.88. The summed E-state index contributed by atoms with van der Waals surface area (Å²) in [6.07, 6.45) is 0.329. The molecule has 0 bridgehead atoms. The van der Waals surface area contributed by atoms with Crippen molar-refractivity contribution in [1.82, 2.24) is 9.21 Å². The minimum absolute atomic E-state index is 0.0454. The first kappa shape index (κ1) is 20.4. The lowest BCUT2D eigenvalue weighted by Crippen LogP contribution is -2.50. The Morgan fingerprint density at radius 1 is 1.04 bits per heavy atom. The van der Waals surface area contributed by atoms with Crippen molar-refractivity contribution in [2.75, 3.05) is 26.2 Å². The Hall–Kier alpha value is -2.32. The second-order valence-corrected chi connectivity index (χ2v) is 8.78. The van der Waals surface area contributed by atoms with E-state index in [0.29, 0.717) is 12.5 Å². The normalized spacial score (nSPS) is 16.8. The van der Waals surface area contributed by atoms with Crippen LogP contribution in [-0.2, 0) is 14.8 Å². The minimum atomic E-state index is -4.15. The van der Waals surface area contributed by atoms with Gasteiger partial charge in [-0.05, 0) is 29.7 Å². The molecular formula is C20H22F2N2O3S. The number of rotatable bonds is 5. The highest BCUT2D eigenvalue weighted by Gasteiger charge is 2.32. The number of halogens is 2. The number of amides is 1. The molecule has 2 aromatic rings. The van der Waals surface area contributed by atoms with Crippen LogP contribution in [0, 0.1) is 11.6 Å². The van der Waals surface area contributed by atoms with E-state index >= 15 is 0 Å². The molecule has 1 saturated heterocycles. The summed E-state index contributed by atoms with van der Waals surface area (Å²) in [7, 11) is -4.15. The van der Waals surface area contributed by atoms with Gasteiger partial charge in [0, 0.05) is 32.6 Å². The van der Waals surface area contributed by atoms with Gasteiger partial charge >= 0.3 is 0 Å². The van der Waals surface area contributed by atoms with Crippen LogP contribution in [0.15, 0.2) is 53.4 Å². The molecule has 1 unspecified atom stereocenters. The third-order valence-corrected chi connectivity index (χ3v) is 6.87. The average molecular weight is 408 g/mol. The number of nitrogens with zero attached hydrogens (tertiary/aromatic N) is 2. The fraction of sp³-hybridized carbons (Fsp3) is 0.350. The van der Waals surface area contributed by atoms with Gasteiger partial charge in [-0.15, -0.1) is 0 Å². The maximum atomic E-state index is 13.9. The van der Waals surface area contributed by atoms with Gasteiger partial charge in [0.2, 0.25) is 15.9 Å². The highest BCUT2D eigenvalue weighted by Crippen LogP contribution is 2.23. The molecule has 0 spiro atoms. The predicted octanol–water partition coefficient (Wildman–Crippen LogP) is 2.99. The first-order chi connectivity index (χ1) is 13.3. The third kappa shape index (κ3) is 4.39. The largest absolute Gasteiger partial charge is 0.340 e. The molecule has 8 heteroatoms. The average Bonchev–Trinajstić information content (AvgIpc) is 2.70. The summed E-state index contributed by atoms with van der Waals surface area (Å²) in [5.74, 6) is -1.80. The molecule has 1 heterocycles. The lowest BCUT2D eigenvalue weighted by atomic mass is 9.97. The van der Waals surface area contributed by atoms with Gasteiger partial charge in [-0.2, -0.15) is 4.31 Å². The lowest BCUT2D eigenvalue weighted by Gasteiger charge is -2.34. The zero-order valence-corrected chi connectivity index (χ0v) is 16.3. The highest BCUT2D eigenvalue weighted by atomic mass is 32.2. The van der Waals surface area contributed by atoms with Crippen LogP contribution in [0.3, 0.4) is 0 Å². The Labute approximate surface area is 163 Å². The topological polar surface area (TPSA) is 57.7 Å². The molecule has 0 aromatic heterocycles. The van der Waals surface area contributed by atoms with E-state index in [1.165, 1.54) is 0 Å². The number of carbonyl (C=O) groups excluding carboxylic acids is 1. The maximum absolute atomic E-state index is 13.9. The highest BCUT2D eigenvalue weighted by molar-refractivity contribution is 7.89. The van der Waals surface area contributed by atoms with E-state index in [9.17, 15) is 22.0 Å². The molecule has 0 aliphatic carbocycles. The van der Waals surface area contributed by atoms with Crippen molar-refractivity contribution in [3.05, 3.63) is 65.7 Å². The molecule has 28 heavy (non-hydrogen) atoms. The Morgan fingerprint density at radius 2 is 1.68 bits per heavy atom. The van der Waals surface area contributed by atoms with Crippen molar-refractivity contribution in [3.63, 3.8) is 0 Å². The Morgan fingerprint density at radius 3 is 2.32 bits per heavy atom. The van der Waals surface area contributed by atoms with E-state index in [2.05, 4.69) is 0 Å². The van der Waals surface area contributed by atoms with E-state index in [-0.39, 0.29) is 38.0 Å². The van der Waals surface area contributed by atoms with Crippen molar-refractivity contribution in [1.29, 1.82) is 0 Å². The van der Waals surface area contributed by atoms with Gasteiger partial charge in [0.25, 0.3) is 0 Å². The molecule has 0 radical (unpaired) electrons. The summed E-state index contributed by atoms with van der Waals surface area (Å²) in [4.78, 5) is 13.5. The molecule has 2 aromatic carbocycles. The molecule has 1 atom stereocenters. The summed E-state index contributed by atoms with van der Waals surface area (Å²) in [6, 6.07) is 12.1. The predicted molar refractivity (Wildman–Crippen MR) is 101 cm³/mol. The van der Waals surface area contributed by atoms with Crippen LogP contribution < -0.4 is 0 Å². The monoisotopic (exact) mass is 408 g/mol. The van der Waals surface area contributed by atoms with Crippen molar-refractivity contribution in [3.8, 4) is 0 Å². The van der Waals surface area contributed by atoms with E-state index in [4.69, 9.17) is 0 Å². The van der Waals surface area contributed by atoms with Gasteiger partial charge in [0.1, 0.15) is 16.5 Å². The quantitative estimate of drug-likeness (QED) is 0.764. The SMILES string of the molecule is CC(CC(=O)N1CCN(S(=O)(=O)c2cc(F)ccc2F)CC1)c1ccccc1. The first-order valence-corrected chi connectivity index (χ1v) is 10.5. The van der Waals surface area contributed by atoms with Crippen LogP contribution in [0.5, 0.6) is 0 Å². The van der Waals surface area contributed by atoms with Gasteiger partial charge in [-0.3, -0.25) is 4.79 Å². The smallest absolute Gasteiger partial charge is 0.246 e. The fourth-order valence-electron chi connectivity index (χ4n) is 3.28. The molecule has 1 aliphatic heterocycles. The minimum Gasteiger partial charge on any atom is -0.340 e. The Kier molecular flexibility index (Phi) is 6.10. The lowest BCUT2D eigenvalue weighted by molar-refractivity contribution is -0.132. The number of hydrogen-bond acceptors (Lipinski definition) is 3. The van der Waals surface area contributed by atoms with Crippen molar-refractivity contribution >= 4 is 15.9 Å². The summed E-state index contributed by atoms with van der Waals surface area (Å²) < 4.78 is 53.6. The van der Waals surface area contributed by atoms with Crippen LogP contribution >= 0.6 is 0 Å². The van der Waals surface area contributed by atoms with E-state index < -0.39 is 26.6 Å². The van der Waals surface area contributed by atoms with Gasteiger partial charge in [-0.25, -0.2) is 17.2 Å². The van der Waals surface area contributed by atoms with Crippen molar-refractivity contribution < 1.29 is 22.0 Å². The van der Waals surface area contributed by atoms with E-state index in [1.54, 1.807) is 4.90 Å². The van der Waals surface area contributed by atoms with Crippen LogP contribution in [0.4, 0.5) is 8.78 Å². The van der Waals surface area contributed by atoms with Gasteiger partial charge in [-0.1, -0.05) is 37.3 Å². The van der Waals surface area contributed by atoms with Crippen LogP contribution in [0.25, 0.3) is 0 Å². The van der Waals surface area contributed by atoms with Gasteiger partial charge < -0.3 is 4.90 Å².